The molecule has 0 radical (unpaired) electrons. The van der Waals surface area contributed by atoms with E-state index in [-0.39, 0.29) is 17.7 Å². The summed E-state index contributed by atoms with van der Waals surface area (Å²) in [5, 5.41) is 12.9. The first kappa shape index (κ1) is 14.3. The van der Waals surface area contributed by atoms with Gasteiger partial charge in [-0.25, -0.2) is 0 Å². The highest BCUT2D eigenvalue weighted by atomic mass is 16.5. The molecular weight excluding hydrogens is 228 g/mol. The fourth-order valence-corrected chi connectivity index (χ4v) is 3.64. The second kappa shape index (κ2) is 5.08. The number of nitrogens with zero attached hydrogens (tertiary/aromatic N) is 1. The fraction of sp³-hybridized carbons (Fsp3) is 1.00. The Morgan fingerprint density at radius 2 is 2.17 bits per heavy atom. The average Bonchev–Trinajstić information content (AvgIpc) is 2.71. The molecule has 2 rings (SSSR count). The molecule has 1 heterocycles. The highest BCUT2D eigenvalue weighted by molar-refractivity contribution is 5.00. The predicted molar refractivity (Wildman–Crippen MR) is 72.7 cm³/mol. The molecule has 0 aromatic carbocycles. The Hall–Kier alpha value is -0.160. The zero-order valence-corrected chi connectivity index (χ0v) is 12.2. The molecule has 106 valence electrons. The zero-order valence-electron chi connectivity index (χ0n) is 12.2. The standard InChI is InChI=1S/C14H28N2O2/c1-11-8-16(9-13(2,3)18-11)12-5-6-14(7-12,10-17)15-4/h11-12,15,17H,5-10H2,1-4H3. The van der Waals surface area contributed by atoms with Gasteiger partial charge in [0.2, 0.25) is 0 Å². The van der Waals surface area contributed by atoms with Gasteiger partial charge in [0.1, 0.15) is 0 Å². The molecule has 0 aromatic rings. The van der Waals surface area contributed by atoms with Crippen LogP contribution in [-0.2, 0) is 4.74 Å². The van der Waals surface area contributed by atoms with Crippen LogP contribution in [0.15, 0.2) is 0 Å². The normalized spacial score (nSPS) is 41.2. The maximum absolute atomic E-state index is 9.58. The zero-order chi connectivity index (χ0) is 13.4. The molecule has 0 spiro atoms. The van der Waals surface area contributed by atoms with Gasteiger partial charge in [-0.3, -0.25) is 4.90 Å². The molecule has 1 aliphatic carbocycles. The first-order chi connectivity index (χ1) is 8.40. The third-order valence-corrected chi connectivity index (χ3v) is 4.53. The van der Waals surface area contributed by atoms with Gasteiger partial charge in [-0.05, 0) is 47.1 Å². The molecule has 1 saturated carbocycles. The van der Waals surface area contributed by atoms with Gasteiger partial charge in [-0.1, -0.05) is 0 Å². The smallest absolute Gasteiger partial charge is 0.0757 e. The van der Waals surface area contributed by atoms with Crippen LogP contribution in [0.25, 0.3) is 0 Å². The second-order valence-electron chi connectivity index (χ2n) is 6.70. The molecule has 0 aromatic heterocycles. The molecule has 0 amide bonds. The first-order valence-electron chi connectivity index (χ1n) is 7.11. The molecule has 4 nitrogen and oxygen atoms in total. The van der Waals surface area contributed by atoms with Crippen molar-refractivity contribution in [2.24, 2.45) is 0 Å². The number of hydrogen-bond acceptors (Lipinski definition) is 4. The van der Waals surface area contributed by atoms with Crippen LogP contribution in [-0.4, -0.2) is 60.0 Å². The molecule has 0 bridgehead atoms. The van der Waals surface area contributed by atoms with Crippen molar-refractivity contribution in [1.82, 2.24) is 10.2 Å². The SMILES string of the molecule is CNC1(CO)CCC(N2CC(C)OC(C)(C)C2)C1. The van der Waals surface area contributed by atoms with Gasteiger partial charge in [0, 0.05) is 24.7 Å². The van der Waals surface area contributed by atoms with E-state index in [0.717, 1.165) is 25.9 Å². The topological polar surface area (TPSA) is 44.7 Å². The van der Waals surface area contributed by atoms with E-state index in [1.165, 1.54) is 6.42 Å². The summed E-state index contributed by atoms with van der Waals surface area (Å²) in [5.74, 6) is 0. The summed E-state index contributed by atoms with van der Waals surface area (Å²) in [5.41, 5.74) is -0.113. The molecule has 2 aliphatic rings. The van der Waals surface area contributed by atoms with Crippen LogP contribution >= 0.6 is 0 Å². The van der Waals surface area contributed by atoms with Gasteiger partial charge in [-0.15, -0.1) is 0 Å². The van der Waals surface area contributed by atoms with E-state index in [9.17, 15) is 5.11 Å². The number of likely N-dealkylation sites (N-methyl/N-ethyl adjacent to an activating group) is 1. The largest absolute Gasteiger partial charge is 0.394 e. The maximum Gasteiger partial charge on any atom is 0.0757 e. The minimum atomic E-state index is -0.0592. The molecule has 4 heteroatoms. The summed E-state index contributed by atoms with van der Waals surface area (Å²) in [7, 11) is 1.96. The fourth-order valence-electron chi connectivity index (χ4n) is 3.64. The third-order valence-electron chi connectivity index (χ3n) is 4.53. The van der Waals surface area contributed by atoms with Crippen LogP contribution in [0.3, 0.4) is 0 Å². The Balaban J connectivity index is 2.01. The number of morpholine rings is 1. The van der Waals surface area contributed by atoms with Gasteiger partial charge < -0.3 is 15.2 Å². The van der Waals surface area contributed by atoms with Gasteiger partial charge in [0.25, 0.3) is 0 Å². The van der Waals surface area contributed by atoms with E-state index in [1.807, 2.05) is 7.05 Å². The molecular formula is C14H28N2O2. The number of rotatable bonds is 3. The Labute approximate surface area is 111 Å². The van der Waals surface area contributed by atoms with Crippen LogP contribution in [0, 0.1) is 0 Å². The van der Waals surface area contributed by atoms with Gasteiger partial charge in [0.05, 0.1) is 18.3 Å². The van der Waals surface area contributed by atoms with Crippen molar-refractivity contribution in [3.05, 3.63) is 0 Å². The minimum Gasteiger partial charge on any atom is -0.394 e. The molecule has 1 saturated heterocycles. The third kappa shape index (κ3) is 2.87. The van der Waals surface area contributed by atoms with Crippen LogP contribution in [0.2, 0.25) is 0 Å². The second-order valence-corrected chi connectivity index (χ2v) is 6.70. The van der Waals surface area contributed by atoms with Gasteiger partial charge in [0.15, 0.2) is 0 Å². The van der Waals surface area contributed by atoms with Crippen LogP contribution in [0.1, 0.15) is 40.0 Å². The molecule has 2 N–H and O–H groups in total. The molecule has 3 atom stereocenters. The number of hydrogen-bond donors (Lipinski definition) is 2. The monoisotopic (exact) mass is 256 g/mol. The minimum absolute atomic E-state index is 0.0538. The molecule has 1 aliphatic heterocycles. The van der Waals surface area contributed by atoms with E-state index < -0.39 is 0 Å². The van der Waals surface area contributed by atoms with Crippen LogP contribution < -0.4 is 5.32 Å². The van der Waals surface area contributed by atoms with E-state index in [1.54, 1.807) is 0 Å². The van der Waals surface area contributed by atoms with Crippen molar-refractivity contribution in [3.8, 4) is 0 Å². The summed E-state index contributed by atoms with van der Waals surface area (Å²) in [6.07, 6.45) is 3.58. The predicted octanol–water partition coefficient (Wildman–Crippen LogP) is 0.989. The van der Waals surface area contributed by atoms with Gasteiger partial charge >= 0.3 is 0 Å². The van der Waals surface area contributed by atoms with Crippen LogP contribution in [0.4, 0.5) is 0 Å². The Kier molecular flexibility index (Phi) is 4.02. The summed E-state index contributed by atoms with van der Waals surface area (Å²) in [4.78, 5) is 2.56. The van der Waals surface area contributed by atoms with Crippen molar-refractivity contribution >= 4 is 0 Å². The lowest BCUT2D eigenvalue weighted by atomic mass is 9.97. The molecule has 18 heavy (non-hydrogen) atoms. The number of ether oxygens (including phenoxy) is 1. The van der Waals surface area contributed by atoms with E-state index in [4.69, 9.17) is 4.74 Å². The quantitative estimate of drug-likeness (QED) is 0.790. The molecule has 2 fully saturated rings. The summed E-state index contributed by atoms with van der Waals surface area (Å²) in [6.45, 7) is 8.74. The van der Waals surface area contributed by atoms with Crippen molar-refractivity contribution in [2.75, 3.05) is 26.7 Å². The lowest BCUT2D eigenvalue weighted by molar-refractivity contribution is -0.137. The van der Waals surface area contributed by atoms with Gasteiger partial charge in [-0.2, -0.15) is 0 Å². The summed E-state index contributed by atoms with van der Waals surface area (Å²) >= 11 is 0. The van der Waals surface area contributed by atoms with E-state index >= 15 is 0 Å². The number of nitrogens with one attached hydrogen (secondary N) is 1. The van der Waals surface area contributed by atoms with Crippen molar-refractivity contribution in [1.29, 1.82) is 0 Å². The van der Waals surface area contributed by atoms with Crippen LogP contribution in [0.5, 0.6) is 0 Å². The number of aliphatic hydroxyl groups is 1. The highest BCUT2D eigenvalue weighted by Crippen LogP contribution is 2.35. The average molecular weight is 256 g/mol. The lowest BCUT2D eigenvalue weighted by Crippen LogP contribution is -2.55. The Bertz CT molecular complexity index is 290. The lowest BCUT2D eigenvalue weighted by Gasteiger charge is -2.44. The molecule has 3 unspecified atom stereocenters. The number of aliphatic hydroxyl groups excluding tert-OH is 1. The highest BCUT2D eigenvalue weighted by Gasteiger charge is 2.43. The maximum atomic E-state index is 9.58. The van der Waals surface area contributed by atoms with Crippen molar-refractivity contribution in [2.45, 2.75) is 63.3 Å². The first-order valence-corrected chi connectivity index (χ1v) is 7.11. The Morgan fingerprint density at radius 3 is 2.67 bits per heavy atom. The van der Waals surface area contributed by atoms with Crippen molar-refractivity contribution < 1.29 is 9.84 Å². The van der Waals surface area contributed by atoms with E-state index in [2.05, 4.69) is 31.0 Å². The summed E-state index contributed by atoms with van der Waals surface area (Å²) in [6, 6.07) is 0.579. The summed E-state index contributed by atoms with van der Waals surface area (Å²) < 4.78 is 5.96. The van der Waals surface area contributed by atoms with Crippen molar-refractivity contribution in [3.63, 3.8) is 0 Å². The van der Waals surface area contributed by atoms with E-state index in [0.29, 0.717) is 12.1 Å². The Morgan fingerprint density at radius 1 is 1.44 bits per heavy atom.